The minimum absolute atomic E-state index is 0.181. The third-order valence-electron chi connectivity index (χ3n) is 2.22. The SMILES string of the molecule is CCOCC(C)Nc1ccccc1OC(C)C. The Morgan fingerprint density at radius 3 is 2.53 bits per heavy atom. The minimum Gasteiger partial charge on any atom is -0.489 e. The second-order valence-corrected chi connectivity index (χ2v) is 4.37. The lowest BCUT2D eigenvalue weighted by atomic mass is 10.2. The van der Waals surface area contributed by atoms with Crippen LogP contribution in [0.25, 0.3) is 0 Å². The van der Waals surface area contributed by atoms with Gasteiger partial charge in [-0.15, -0.1) is 0 Å². The molecule has 0 amide bonds. The highest BCUT2D eigenvalue weighted by Gasteiger charge is 2.07. The lowest BCUT2D eigenvalue weighted by Crippen LogP contribution is -2.22. The standard InChI is InChI=1S/C14H23NO2/c1-5-16-10-12(4)15-13-8-6-7-9-14(13)17-11(2)3/h6-9,11-12,15H,5,10H2,1-4H3. The fourth-order valence-corrected chi connectivity index (χ4v) is 1.54. The predicted molar refractivity (Wildman–Crippen MR) is 71.8 cm³/mol. The molecule has 3 heteroatoms. The van der Waals surface area contributed by atoms with Crippen LogP contribution in [0.3, 0.4) is 0 Å². The summed E-state index contributed by atoms with van der Waals surface area (Å²) >= 11 is 0. The summed E-state index contributed by atoms with van der Waals surface area (Å²) in [6.07, 6.45) is 0.181. The van der Waals surface area contributed by atoms with E-state index in [-0.39, 0.29) is 12.1 Å². The Bertz CT molecular complexity index is 326. The van der Waals surface area contributed by atoms with E-state index in [0.29, 0.717) is 6.61 Å². The molecule has 1 aromatic carbocycles. The molecule has 0 bridgehead atoms. The number of ether oxygens (including phenoxy) is 2. The van der Waals surface area contributed by atoms with E-state index in [2.05, 4.69) is 12.2 Å². The van der Waals surface area contributed by atoms with Crippen LogP contribution in [0, 0.1) is 0 Å². The van der Waals surface area contributed by atoms with Crippen molar-refractivity contribution in [3.8, 4) is 5.75 Å². The van der Waals surface area contributed by atoms with Crippen LogP contribution in [0.5, 0.6) is 5.75 Å². The number of benzene rings is 1. The van der Waals surface area contributed by atoms with Crippen molar-refractivity contribution in [1.29, 1.82) is 0 Å². The molecule has 0 spiro atoms. The average molecular weight is 237 g/mol. The van der Waals surface area contributed by atoms with Crippen molar-refractivity contribution in [3.05, 3.63) is 24.3 Å². The average Bonchev–Trinajstić information content (AvgIpc) is 2.28. The van der Waals surface area contributed by atoms with Crippen molar-refractivity contribution in [2.24, 2.45) is 0 Å². The van der Waals surface area contributed by atoms with Gasteiger partial charge in [0.15, 0.2) is 0 Å². The Kier molecular flexibility index (Phi) is 5.84. The van der Waals surface area contributed by atoms with Gasteiger partial charge in [0.05, 0.1) is 18.4 Å². The summed E-state index contributed by atoms with van der Waals surface area (Å²) in [5.74, 6) is 0.894. The lowest BCUT2D eigenvalue weighted by Gasteiger charge is -2.19. The fourth-order valence-electron chi connectivity index (χ4n) is 1.54. The maximum Gasteiger partial charge on any atom is 0.142 e. The van der Waals surface area contributed by atoms with Crippen molar-refractivity contribution in [3.63, 3.8) is 0 Å². The Hall–Kier alpha value is -1.22. The first-order chi connectivity index (χ1) is 8.13. The Balaban J connectivity index is 2.62. The van der Waals surface area contributed by atoms with Crippen molar-refractivity contribution in [1.82, 2.24) is 0 Å². The Labute approximate surface area is 104 Å². The molecule has 1 rings (SSSR count). The first kappa shape index (κ1) is 13.8. The molecule has 1 N–H and O–H groups in total. The monoisotopic (exact) mass is 237 g/mol. The zero-order valence-corrected chi connectivity index (χ0v) is 11.2. The highest BCUT2D eigenvalue weighted by molar-refractivity contribution is 5.56. The molecular formula is C14H23NO2. The zero-order chi connectivity index (χ0) is 12.7. The van der Waals surface area contributed by atoms with Crippen LogP contribution >= 0.6 is 0 Å². The number of rotatable bonds is 7. The van der Waals surface area contributed by atoms with Crippen molar-refractivity contribution < 1.29 is 9.47 Å². The van der Waals surface area contributed by atoms with Crippen molar-refractivity contribution in [2.45, 2.75) is 39.8 Å². The number of anilines is 1. The Morgan fingerprint density at radius 1 is 1.18 bits per heavy atom. The van der Waals surface area contributed by atoms with E-state index in [0.717, 1.165) is 18.0 Å². The molecule has 0 aromatic heterocycles. The summed E-state index contributed by atoms with van der Waals surface area (Å²) in [6, 6.07) is 8.27. The van der Waals surface area contributed by atoms with E-state index in [1.807, 2.05) is 45.0 Å². The largest absolute Gasteiger partial charge is 0.489 e. The minimum atomic E-state index is 0.181. The van der Waals surface area contributed by atoms with Crippen molar-refractivity contribution in [2.75, 3.05) is 18.5 Å². The smallest absolute Gasteiger partial charge is 0.142 e. The molecule has 1 unspecified atom stereocenters. The number of hydrogen-bond donors (Lipinski definition) is 1. The van der Waals surface area contributed by atoms with E-state index in [4.69, 9.17) is 9.47 Å². The molecule has 17 heavy (non-hydrogen) atoms. The van der Waals surface area contributed by atoms with Gasteiger partial charge in [-0.25, -0.2) is 0 Å². The highest BCUT2D eigenvalue weighted by Crippen LogP contribution is 2.25. The van der Waals surface area contributed by atoms with Gasteiger partial charge in [-0.1, -0.05) is 12.1 Å². The summed E-state index contributed by atoms with van der Waals surface area (Å²) in [6.45, 7) is 9.60. The molecule has 0 heterocycles. The second kappa shape index (κ2) is 7.17. The summed E-state index contributed by atoms with van der Waals surface area (Å²) in [7, 11) is 0. The molecule has 0 saturated carbocycles. The Morgan fingerprint density at radius 2 is 1.88 bits per heavy atom. The third kappa shape index (κ3) is 5.09. The van der Waals surface area contributed by atoms with Crippen LogP contribution < -0.4 is 10.1 Å². The number of para-hydroxylation sites is 2. The van der Waals surface area contributed by atoms with Gasteiger partial charge >= 0.3 is 0 Å². The zero-order valence-electron chi connectivity index (χ0n) is 11.2. The predicted octanol–water partition coefficient (Wildman–Crippen LogP) is 3.31. The van der Waals surface area contributed by atoms with Crippen LogP contribution in [0.1, 0.15) is 27.7 Å². The quantitative estimate of drug-likeness (QED) is 0.789. The van der Waals surface area contributed by atoms with Gasteiger partial charge < -0.3 is 14.8 Å². The molecular weight excluding hydrogens is 214 g/mol. The van der Waals surface area contributed by atoms with Crippen molar-refractivity contribution >= 4 is 5.69 Å². The van der Waals surface area contributed by atoms with E-state index in [9.17, 15) is 0 Å². The van der Waals surface area contributed by atoms with Gasteiger partial charge in [0.25, 0.3) is 0 Å². The summed E-state index contributed by atoms with van der Waals surface area (Å²) in [4.78, 5) is 0. The van der Waals surface area contributed by atoms with E-state index < -0.39 is 0 Å². The number of nitrogens with one attached hydrogen (secondary N) is 1. The lowest BCUT2D eigenvalue weighted by molar-refractivity contribution is 0.141. The van der Waals surface area contributed by atoms with Crippen LogP contribution in [-0.4, -0.2) is 25.4 Å². The van der Waals surface area contributed by atoms with Gasteiger partial charge in [0.2, 0.25) is 0 Å². The molecule has 0 aliphatic rings. The summed E-state index contributed by atoms with van der Waals surface area (Å²) in [5, 5.41) is 3.40. The van der Waals surface area contributed by atoms with Crippen LogP contribution in [-0.2, 0) is 4.74 Å². The molecule has 0 fully saturated rings. The molecule has 96 valence electrons. The normalized spacial score (nSPS) is 12.5. The van der Waals surface area contributed by atoms with Gasteiger partial charge in [-0.05, 0) is 39.8 Å². The maximum atomic E-state index is 5.75. The fraction of sp³-hybridized carbons (Fsp3) is 0.571. The molecule has 1 atom stereocenters. The van der Waals surface area contributed by atoms with E-state index in [1.54, 1.807) is 0 Å². The molecule has 0 aliphatic heterocycles. The highest BCUT2D eigenvalue weighted by atomic mass is 16.5. The summed E-state index contributed by atoms with van der Waals surface area (Å²) < 4.78 is 11.1. The molecule has 1 aromatic rings. The van der Waals surface area contributed by atoms with Crippen LogP contribution in [0.15, 0.2) is 24.3 Å². The second-order valence-electron chi connectivity index (χ2n) is 4.37. The molecule has 3 nitrogen and oxygen atoms in total. The number of hydrogen-bond acceptors (Lipinski definition) is 3. The van der Waals surface area contributed by atoms with E-state index >= 15 is 0 Å². The molecule has 0 aliphatic carbocycles. The maximum absolute atomic E-state index is 5.75. The van der Waals surface area contributed by atoms with Gasteiger partial charge in [-0.3, -0.25) is 0 Å². The summed E-state index contributed by atoms with van der Waals surface area (Å²) in [5.41, 5.74) is 1.02. The van der Waals surface area contributed by atoms with Crippen LogP contribution in [0.2, 0.25) is 0 Å². The van der Waals surface area contributed by atoms with Crippen LogP contribution in [0.4, 0.5) is 5.69 Å². The third-order valence-corrected chi connectivity index (χ3v) is 2.22. The topological polar surface area (TPSA) is 30.5 Å². The molecule has 0 radical (unpaired) electrons. The first-order valence-electron chi connectivity index (χ1n) is 6.23. The van der Waals surface area contributed by atoms with E-state index in [1.165, 1.54) is 0 Å². The van der Waals surface area contributed by atoms with Gasteiger partial charge in [-0.2, -0.15) is 0 Å². The first-order valence-corrected chi connectivity index (χ1v) is 6.23. The van der Waals surface area contributed by atoms with Gasteiger partial charge in [0, 0.05) is 12.6 Å². The van der Waals surface area contributed by atoms with Gasteiger partial charge in [0.1, 0.15) is 5.75 Å². The molecule has 0 saturated heterocycles.